The number of carbonyl (C=O) groups excluding carboxylic acids is 1. The van der Waals surface area contributed by atoms with E-state index in [9.17, 15) is 4.79 Å². The van der Waals surface area contributed by atoms with E-state index in [1.54, 1.807) is 11.3 Å². The molecule has 2 aromatic heterocycles. The van der Waals surface area contributed by atoms with E-state index in [-0.39, 0.29) is 11.9 Å². The lowest BCUT2D eigenvalue weighted by Crippen LogP contribution is -2.42. The van der Waals surface area contributed by atoms with Gasteiger partial charge < -0.3 is 9.88 Å². The van der Waals surface area contributed by atoms with Crippen LogP contribution in [-0.4, -0.2) is 31.7 Å². The van der Waals surface area contributed by atoms with Gasteiger partial charge in [-0.25, -0.2) is 4.98 Å². The van der Waals surface area contributed by atoms with Crippen LogP contribution < -0.4 is 5.32 Å². The smallest absolute Gasteiger partial charge is 0.226 e. The van der Waals surface area contributed by atoms with Gasteiger partial charge in [0.2, 0.25) is 5.91 Å². The van der Waals surface area contributed by atoms with Gasteiger partial charge in [-0.05, 0) is 6.42 Å². The van der Waals surface area contributed by atoms with E-state index in [1.165, 1.54) is 0 Å². The van der Waals surface area contributed by atoms with Crippen molar-refractivity contribution in [3.8, 4) is 0 Å². The third kappa shape index (κ3) is 3.60. The zero-order valence-corrected chi connectivity index (χ0v) is 14.7. The molecular formula is C16H23N5OS. The Morgan fingerprint density at radius 1 is 1.48 bits per heavy atom. The van der Waals surface area contributed by atoms with Crippen molar-refractivity contribution in [1.82, 2.24) is 25.1 Å². The summed E-state index contributed by atoms with van der Waals surface area (Å²) in [4.78, 5) is 16.8. The molecule has 1 aliphatic heterocycles. The quantitative estimate of drug-likeness (QED) is 0.909. The number of aromatic nitrogens is 4. The van der Waals surface area contributed by atoms with Gasteiger partial charge in [-0.1, -0.05) is 20.8 Å². The highest BCUT2D eigenvalue weighted by Crippen LogP contribution is 2.20. The highest BCUT2D eigenvalue weighted by atomic mass is 32.1. The first-order valence-electron chi connectivity index (χ1n) is 8.21. The number of carbonyl (C=O) groups is 1. The van der Waals surface area contributed by atoms with Crippen molar-refractivity contribution >= 4 is 17.2 Å². The number of fused-ring (bicyclic) bond motifs is 1. The second kappa shape index (κ2) is 6.78. The Bertz CT molecular complexity index is 677. The predicted octanol–water partition coefficient (Wildman–Crippen LogP) is 2.09. The van der Waals surface area contributed by atoms with Gasteiger partial charge in [0.25, 0.3) is 0 Å². The Morgan fingerprint density at radius 3 is 3.00 bits per heavy atom. The molecule has 3 rings (SSSR count). The summed E-state index contributed by atoms with van der Waals surface area (Å²) in [6.07, 6.45) is 3.01. The summed E-state index contributed by atoms with van der Waals surface area (Å²) in [7, 11) is 0. The Hall–Kier alpha value is -1.76. The van der Waals surface area contributed by atoms with Crippen LogP contribution in [0.5, 0.6) is 0 Å². The third-order valence-corrected chi connectivity index (χ3v) is 5.30. The lowest BCUT2D eigenvalue weighted by Gasteiger charge is -2.25. The first-order chi connectivity index (χ1) is 11.1. The molecule has 3 heterocycles. The summed E-state index contributed by atoms with van der Waals surface area (Å²) in [5.41, 5.74) is 0.867. The first-order valence-corrected chi connectivity index (χ1v) is 9.09. The van der Waals surface area contributed by atoms with Crippen LogP contribution in [0.15, 0.2) is 5.38 Å². The second-order valence-corrected chi connectivity index (χ2v) is 7.20. The van der Waals surface area contributed by atoms with E-state index < -0.39 is 0 Å². The van der Waals surface area contributed by atoms with Crippen molar-refractivity contribution in [1.29, 1.82) is 0 Å². The fourth-order valence-corrected chi connectivity index (χ4v) is 3.71. The fraction of sp³-hybridized carbons (Fsp3) is 0.625. The summed E-state index contributed by atoms with van der Waals surface area (Å²) in [6.45, 7) is 7.08. The van der Waals surface area contributed by atoms with E-state index in [1.807, 2.05) is 5.38 Å². The zero-order chi connectivity index (χ0) is 16.4. The van der Waals surface area contributed by atoms with E-state index in [0.717, 1.165) is 48.2 Å². The van der Waals surface area contributed by atoms with Crippen LogP contribution in [-0.2, 0) is 30.6 Å². The Kier molecular flexibility index (Phi) is 4.75. The summed E-state index contributed by atoms with van der Waals surface area (Å²) >= 11 is 1.63. The summed E-state index contributed by atoms with van der Waals surface area (Å²) < 4.78 is 2.15. The Labute approximate surface area is 140 Å². The molecule has 1 atom stereocenters. The topological polar surface area (TPSA) is 72.7 Å². The van der Waals surface area contributed by atoms with Gasteiger partial charge in [-0.2, -0.15) is 0 Å². The number of hydrogen-bond acceptors (Lipinski definition) is 5. The monoisotopic (exact) mass is 333 g/mol. The number of thiazole rings is 1. The molecule has 7 heteroatoms. The number of nitrogens with one attached hydrogen (secondary N) is 1. The molecule has 0 fully saturated rings. The minimum atomic E-state index is 0.0465. The van der Waals surface area contributed by atoms with Crippen molar-refractivity contribution in [2.24, 2.45) is 0 Å². The standard InChI is InChI=1S/C16H23N5OS/c1-4-13-19-20-14-6-5-11(8-21(13)14)17-15(22)7-12-9-23-16(18-12)10(2)3/h9-11H,4-8H2,1-3H3,(H,17,22)/t11-/m1/s1. The first kappa shape index (κ1) is 16.1. The Morgan fingerprint density at radius 2 is 2.30 bits per heavy atom. The maximum atomic E-state index is 12.3. The van der Waals surface area contributed by atoms with Gasteiger partial charge in [0.1, 0.15) is 11.6 Å². The molecular weight excluding hydrogens is 310 g/mol. The number of aryl methyl sites for hydroxylation is 2. The van der Waals surface area contributed by atoms with Gasteiger partial charge in [0, 0.05) is 36.7 Å². The molecule has 23 heavy (non-hydrogen) atoms. The molecule has 0 bridgehead atoms. The highest BCUT2D eigenvalue weighted by Gasteiger charge is 2.23. The SMILES string of the molecule is CCc1nnc2n1C[C@H](NC(=O)Cc1csc(C(C)C)n1)CC2. The average Bonchev–Trinajstić information content (AvgIpc) is 3.13. The maximum Gasteiger partial charge on any atom is 0.226 e. The van der Waals surface area contributed by atoms with Gasteiger partial charge in [0.05, 0.1) is 17.1 Å². The summed E-state index contributed by atoms with van der Waals surface area (Å²) in [5.74, 6) is 2.49. The summed E-state index contributed by atoms with van der Waals surface area (Å²) in [6, 6.07) is 0.152. The lowest BCUT2D eigenvalue weighted by molar-refractivity contribution is -0.121. The molecule has 6 nitrogen and oxygen atoms in total. The molecule has 0 spiro atoms. The molecule has 124 valence electrons. The van der Waals surface area contributed by atoms with Gasteiger partial charge in [-0.3, -0.25) is 4.79 Å². The van der Waals surface area contributed by atoms with E-state index in [2.05, 4.69) is 45.8 Å². The predicted molar refractivity (Wildman–Crippen MR) is 89.6 cm³/mol. The highest BCUT2D eigenvalue weighted by molar-refractivity contribution is 7.09. The van der Waals surface area contributed by atoms with Crippen LogP contribution in [0.4, 0.5) is 0 Å². The molecule has 2 aromatic rings. The van der Waals surface area contributed by atoms with Crippen molar-refractivity contribution in [2.45, 2.75) is 65.0 Å². The molecule has 0 saturated carbocycles. The molecule has 1 amide bonds. The number of rotatable bonds is 5. The number of hydrogen-bond donors (Lipinski definition) is 1. The average molecular weight is 333 g/mol. The second-order valence-electron chi connectivity index (χ2n) is 6.31. The Balaban J connectivity index is 1.58. The molecule has 0 saturated heterocycles. The van der Waals surface area contributed by atoms with Gasteiger partial charge in [0.15, 0.2) is 0 Å². The fourth-order valence-electron chi connectivity index (χ4n) is 2.87. The molecule has 1 N–H and O–H groups in total. The van der Waals surface area contributed by atoms with Crippen molar-refractivity contribution in [3.05, 3.63) is 27.7 Å². The van der Waals surface area contributed by atoms with Crippen LogP contribution in [0.3, 0.4) is 0 Å². The van der Waals surface area contributed by atoms with Crippen molar-refractivity contribution in [2.75, 3.05) is 0 Å². The van der Waals surface area contributed by atoms with Crippen LogP contribution in [0, 0.1) is 0 Å². The largest absolute Gasteiger partial charge is 0.351 e. The third-order valence-electron chi connectivity index (χ3n) is 4.11. The molecule has 0 aromatic carbocycles. The number of amides is 1. The van der Waals surface area contributed by atoms with Gasteiger partial charge >= 0.3 is 0 Å². The molecule has 0 unspecified atom stereocenters. The van der Waals surface area contributed by atoms with E-state index in [4.69, 9.17) is 0 Å². The van der Waals surface area contributed by atoms with Crippen LogP contribution in [0.1, 0.15) is 55.5 Å². The van der Waals surface area contributed by atoms with Crippen LogP contribution >= 0.6 is 11.3 Å². The summed E-state index contributed by atoms with van der Waals surface area (Å²) in [5, 5.41) is 14.6. The van der Waals surface area contributed by atoms with E-state index >= 15 is 0 Å². The number of nitrogens with zero attached hydrogens (tertiary/aromatic N) is 4. The maximum absolute atomic E-state index is 12.3. The van der Waals surface area contributed by atoms with Crippen molar-refractivity contribution < 1.29 is 4.79 Å². The van der Waals surface area contributed by atoms with E-state index in [0.29, 0.717) is 12.3 Å². The van der Waals surface area contributed by atoms with Crippen LogP contribution in [0.2, 0.25) is 0 Å². The zero-order valence-electron chi connectivity index (χ0n) is 13.9. The van der Waals surface area contributed by atoms with Crippen LogP contribution in [0.25, 0.3) is 0 Å². The minimum absolute atomic E-state index is 0.0465. The minimum Gasteiger partial charge on any atom is -0.351 e. The normalized spacial score (nSPS) is 17.3. The molecule has 0 aliphatic carbocycles. The van der Waals surface area contributed by atoms with Gasteiger partial charge in [-0.15, -0.1) is 21.5 Å². The molecule has 0 radical (unpaired) electrons. The lowest BCUT2D eigenvalue weighted by atomic mass is 10.1. The van der Waals surface area contributed by atoms with Crippen molar-refractivity contribution in [3.63, 3.8) is 0 Å². The molecule has 1 aliphatic rings.